The van der Waals surface area contributed by atoms with Crippen molar-refractivity contribution in [3.63, 3.8) is 0 Å². The number of ether oxygens (including phenoxy) is 1. The van der Waals surface area contributed by atoms with E-state index in [1.807, 2.05) is 0 Å². The Labute approximate surface area is 101 Å². The van der Waals surface area contributed by atoms with Crippen LogP contribution in [0.4, 0.5) is 13.2 Å². The topological polar surface area (TPSA) is 39.2 Å². The number of halogens is 4. The van der Waals surface area contributed by atoms with Gasteiger partial charge in [0.25, 0.3) is 5.24 Å². The average Bonchev–Trinajstić information content (AvgIpc) is 2.16. The molecule has 0 N–H and O–H groups in total. The highest BCUT2D eigenvalue weighted by Gasteiger charge is 2.32. The van der Waals surface area contributed by atoms with Gasteiger partial charge in [0.2, 0.25) is 5.88 Å². The number of rotatable bonds is 3. The van der Waals surface area contributed by atoms with Crippen molar-refractivity contribution in [1.29, 1.82) is 0 Å². The number of carbonyl (C=O) groups is 1. The van der Waals surface area contributed by atoms with Crippen molar-refractivity contribution in [2.24, 2.45) is 0 Å². The quantitative estimate of drug-likeness (QED) is 0.790. The van der Waals surface area contributed by atoms with Gasteiger partial charge in [-0.25, -0.2) is 4.98 Å². The molecule has 1 rings (SSSR count). The summed E-state index contributed by atoms with van der Waals surface area (Å²) in [5.41, 5.74) is -2.23. The summed E-state index contributed by atoms with van der Waals surface area (Å²) in [5.74, 6) is -0.1000. The van der Waals surface area contributed by atoms with E-state index in [1.54, 1.807) is 0 Å². The molecule has 0 aromatic carbocycles. The van der Waals surface area contributed by atoms with Crippen LogP contribution in [0, 0.1) is 0 Å². The molecule has 3 nitrogen and oxygen atoms in total. The van der Waals surface area contributed by atoms with E-state index >= 15 is 0 Å². The molecule has 0 aliphatic carbocycles. The second kappa shape index (κ2) is 4.52. The van der Waals surface area contributed by atoms with Gasteiger partial charge in [0.1, 0.15) is 0 Å². The maximum Gasteiger partial charge on any atom is 0.417 e. The van der Waals surface area contributed by atoms with E-state index in [0.717, 1.165) is 12.1 Å². The van der Waals surface area contributed by atoms with Crippen LogP contribution in [0.3, 0.4) is 0 Å². The van der Waals surface area contributed by atoms with Crippen LogP contribution in [0.1, 0.15) is 19.4 Å². The normalized spacial score (nSPS) is 12.4. The zero-order valence-corrected chi connectivity index (χ0v) is 9.76. The minimum atomic E-state index is -4.46. The summed E-state index contributed by atoms with van der Waals surface area (Å²) in [6.07, 6.45) is -3.83. The lowest BCUT2D eigenvalue weighted by atomic mass is 10.2. The van der Waals surface area contributed by atoms with E-state index in [4.69, 9.17) is 16.3 Å². The predicted molar refractivity (Wildman–Crippen MR) is 54.8 cm³/mol. The summed E-state index contributed by atoms with van der Waals surface area (Å²) in [7, 11) is 0. The van der Waals surface area contributed by atoms with Crippen molar-refractivity contribution < 1.29 is 22.7 Å². The second-order valence-electron chi connectivity index (χ2n) is 3.77. The predicted octanol–water partition coefficient (Wildman–Crippen LogP) is 3.02. The fourth-order valence-electron chi connectivity index (χ4n) is 0.910. The largest absolute Gasteiger partial charge is 0.462 e. The second-order valence-corrected chi connectivity index (χ2v) is 4.11. The van der Waals surface area contributed by atoms with Crippen LogP contribution in [0.2, 0.25) is 0 Å². The molecule has 0 fully saturated rings. The standard InChI is InChI=1S/C10H9ClF3NO2/c1-9(2,8(11)16)17-7-4-3-6(5-15-7)10(12,13)14/h3-5H,1-2H3. The maximum atomic E-state index is 12.2. The first-order valence-electron chi connectivity index (χ1n) is 4.55. The van der Waals surface area contributed by atoms with Gasteiger partial charge in [-0.2, -0.15) is 13.2 Å². The fourth-order valence-corrected chi connectivity index (χ4v) is 0.948. The van der Waals surface area contributed by atoms with Crippen molar-refractivity contribution in [2.75, 3.05) is 0 Å². The number of pyridine rings is 1. The fraction of sp³-hybridized carbons (Fsp3) is 0.400. The van der Waals surface area contributed by atoms with Crippen LogP contribution in [-0.4, -0.2) is 15.8 Å². The van der Waals surface area contributed by atoms with Crippen molar-refractivity contribution in [3.8, 4) is 5.88 Å². The summed E-state index contributed by atoms with van der Waals surface area (Å²) in [4.78, 5) is 14.4. The third-order valence-corrected chi connectivity index (χ3v) is 2.35. The molecule has 0 saturated carbocycles. The number of aromatic nitrogens is 1. The summed E-state index contributed by atoms with van der Waals surface area (Å²) >= 11 is 5.25. The molecule has 1 aromatic rings. The number of hydrogen-bond donors (Lipinski definition) is 0. The Morgan fingerprint density at radius 1 is 1.35 bits per heavy atom. The Bertz CT molecular complexity index is 415. The zero-order valence-electron chi connectivity index (χ0n) is 9.01. The molecule has 0 bridgehead atoms. The molecule has 1 heterocycles. The van der Waals surface area contributed by atoms with E-state index in [0.29, 0.717) is 6.20 Å². The minimum Gasteiger partial charge on any atom is -0.462 e. The Balaban J connectivity index is 2.86. The molecule has 0 atom stereocenters. The molecule has 7 heteroatoms. The van der Waals surface area contributed by atoms with E-state index < -0.39 is 22.6 Å². The highest BCUT2D eigenvalue weighted by molar-refractivity contribution is 6.65. The van der Waals surface area contributed by atoms with Gasteiger partial charge in [-0.1, -0.05) is 0 Å². The smallest absolute Gasteiger partial charge is 0.417 e. The molecule has 0 unspecified atom stereocenters. The van der Waals surface area contributed by atoms with Gasteiger partial charge in [0.15, 0.2) is 5.60 Å². The van der Waals surface area contributed by atoms with E-state index in [1.165, 1.54) is 13.8 Å². The minimum absolute atomic E-state index is 0.1000. The first-order valence-corrected chi connectivity index (χ1v) is 4.93. The zero-order chi connectivity index (χ0) is 13.3. The third kappa shape index (κ3) is 3.59. The van der Waals surface area contributed by atoms with Gasteiger partial charge in [-0.15, -0.1) is 0 Å². The Morgan fingerprint density at radius 3 is 2.29 bits per heavy atom. The van der Waals surface area contributed by atoms with Gasteiger partial charge in [0, 0.05) is 12.3 Å². The number of hydrogen-bond acceptors (Lipinski definition) is 3. The van der Waals surface area contributed by atoms with E-state index in [2.05, 4.69) is 4.98 Å². The number of nitrogens with zero attached hydrogens (tertiary/aromatic N) is 1. The lowest BCUT2D eigenvalue weighted by Crippen LogP contribution is -2.35. The van der Waals surface area contributed by atoms with Gasteiger partial charge < -0.3 is 4.74 Å². The third-order valence-electron chi connectivity index (χ3n) is 1.90. The molecule has 0 saturated heterocycles. The molecule has 17 heavy (non-hydrogen) atoms. The van der Waals surface area contributed by atoms with Crippen molar-refractivity contribution in [3.05, 3.63) is 23.9 Å². The first kappa shape index (κ1) is 13.8. The van der Waals surface area contributed by atoms with Crippen LogP contribution < -0.4 is 4.74 Å². The first-order chi connectivity index (χ1) is 7.63. The Morgan fingerprint density at radius 2 is 1.94 bits per heavy atom. The highest BCUT2D eigenvalue weighted by atomic mass is 35.5. The Hall–Kier alpha value is -1.30. The van der Waals surface area contributed by atoms with Crippen LogP contribution in [0.25, 0.3) is 0 Å². The van der Waals surface area contributed by atoms with Crippen LogP contribution in [-0.2, 0) is 11.0 Å². The van der Waals surface area contributed by atoms with Crippen molar-refractivity contribution >= 4 is 16.8 Å². The summed E-state index contributed by atoms with van der Waals surface area (Å²) in [6.45, 7) is 2.78. The summed E-state index contributed by atoms with van der Waals surface area (Å²) in [6, 6.07) is 1.85. The van der Waals surface area contributed by atoms with Gasteiger partial charge in [-0.05, 0) is 31.5 Å². The van der Waals surface area contributed by atoms with Crippen molar-refractivity contribution in [2.45, 2.75) is 25.6 Å². The molecule has 94 valence electrons. The number of carbonyl (C=O) groups excluding carboxylic acids is 1. The summed E-state index contributed by atoms with van der Waals surface area (Å²) < 4.78 is 41.8. The molecule has 0 radical (unpaired) electrons. The van der Waals surface area contributed by atoms with Gasteiger partial charge >= 0.3 is 6.18 Å². The molecule has 1 aromatic heterocycles. The molecular formula is C10H9ClF3NO2. The lowest BCUT2D eigenvalue weighted by molar-refractivity contribution is -0.138. The van der Waals surface area contributed by atoms with Crippen LogP contribution >= 0.6 is 11.6 Å². The summed E-state index contributed by atoms with van der Waals surface area (Å²) in [5, 5.41) is -0.765. The van der Waals surface area contributed by atoms with Crippen molar-refractivity contribution in [1.82, 2.24) is 4.98 Å². The average molecular weight is 268 g/mol. The lowest BCUT2D eigenvalue weighted by Gasteiger charge is -2.21. The molecular weight excluding hydrogens is 259 g/mol. The molecule has 0 spiro atoms. The maximum absolute atomic E-state index is 12.2. The Kier molecular flexibility index (Phi) is 3.66. The van der Waals surface area contributed by atoms with Gasteiger partial charge in [-0.3, -0.25) is 4.79 Å². The SMILES string of the molecule is CC(C)(Oc1ccc(C(F)(F)F)cn1)C(=O)Cl. The highest BCUT2D eigenvalue weighted by Crippen LogP contribution is 2.29. The van der Waals surface area contributed by atoms with E-state index in [-0.39, 0.29) is 5.88 Å². The monoisotopic (exact) mass is 267 g/mol. The van der Waals surface area contributed by atoms with Gasteiger partial charge in [0.05, 0.1) is 5.56 Å². The van der Waals surface area contributed by atoms with Crippen LogP contribution in [0.15, 0.2) is 18.3 Å². The molecule has 0 aliphatic rings. The van der Waals surface area contributed by atoms with Crippen LogP contribution in [0.5, 0.6) is 5.88 Å². The molecule has 0 amide bonds. The number of alkyl halides is 3. The van der Waals surface area contributed by atoms with E-state index in [9.17, 15) is 18.0 Å². The molecule has 0 aliphatic heterocycles.